The van der Waals surface area contributed by atoms with Crippen molar-refractivity contribution in [3.63, 3.8) is 0 Å². The Hall–Kier alpha value is -2.24. The summed E-state index contributed by atoms with van der Waals surface area (Å²) in [5.41, 5.74) is 3.73. The molecule has 0 bridgehead atoms. The molecule has 0 spiro atoms. The molecule has 0 aliphatic carbocycles. The van der Waals surface area contributed by atoms with Crippen LogP contribution in [0.4, 0.5) is 0 Å². The van der Waals surface area contributed by atoms with Crippen LogP contribution >= 0.6 is 0 Å². The summed E-state index contributed by atoms with van der Waals surface area (Å²) in [6, 6.07) is 19.1. The third kappa shape index (κ3) is 2.94. The fourth-order valence-corrected chi connectivity index (χ4v) is 5.25. The molecule has 0 radical (unpaired) electrons. The van der Waals surface area contributed by atoms with Crippen LogP contribution in [0.15, 0.2) is 60.8 Å². The number of hydrogen-bond donors (Lipinski definition) is 0. The molecule has 25 heavy (non-hydrogen) atoms. The summed E-state index contributed by atoms with van der Waals surface area (Å²) in [7, 11) is -1.74. The SMILES string of the molecule is C#C[C@H](c1ccccc1)c1cn([Si](C)(C)C(C)(C)C)c2ccccc12. The number of terminal acetylenes is 1. The molecule has 0 unspecified atom stereocenters. The highest BCUT2D eigenvalue weighted by Crippen LogP contribution is 2.41. The second-order valence-corrected chi connectivity index (χ2v) is 13.4. The van der Waals surface area contributed by atoms with Crippen molar-refractivity contribution in [2.45, 2.75) is 44.8 Å². The first-order valence-corrected chi connectivity index (χ1v) is 11.8. The molecule has 0 aliphatic heterocycles. The number of fused-ring (bicyclic) bond motifs is 1. The average Bonchev–Trinajstić information content (AvgIpc) is 2.96. The number of benzene rings is 2. The quantitative estimate of drug-likeness (QED) is 0.390. The Balaban J connectivity index is 2.27. The van der Waals surface area contributed by atoms with Crippen molar-refractivity contribution in [1.29, 1.82) is 0 Å². The van der Waals surface area contributed by atoms with E-state index in [1.165, 1.54) is 22.0 Å². The van der Waals surface area contributed by atoms with Gasteiger partial charge in [0.2, 0.25) is 0 Å². The van der Waals surface area contributed by atoms with Gasteiger partial charge in [-0.1, -0.05) is 88.3 Å². The van der Waals surface area contributed by atoms with Gasteiger partial charge in [-0.05, 0) is 22.2 Å². The van der Waals surface area contributed by atoms with E-state index in [-0.39, 0.29) is 11.0 Å². The predicted molar refractivity (Wildman–Crippen MR) is 112 cm³/mol. The maximum absolute atomic E-state index is 5.98. The van der Waals surface area contributed by atoms with Crippen LogP contribution in [-0.2, 0) is 0 Å². The van der Waals surface area contributed by atoms with Gasteiger partial charge in [0.1, 0.15) is 0 Å². The Labute approximate surface area is 152 Å². The van der Waals surface area contributed by atoms with Gasteiger partial charge in [0, 0.05) is 17.1 Å². The van der Waals surface area contributed by atoms with E-state index in [9.17, 15) is 0 Å². The average molecular weight is 346 g/mol. The summed E-state index contributed by atoms with van der Waals surface area (Å²) in [6.45, 7) is 11.9. The van der Waals surface area contributed by atoms with Gasteiger partial charge in [0.15, 0.2) is 8.24 Å². The van der Waals surface area contributed by atoms with Crippen LogP contribution in [-0.4, -0.2) is 12.5 Å². The normalized spacial score (nSPS) is 13.6. The monoisotopic (exact) mass is 345 g/mol. The summed E-state index contributed by atoms with van der Waals surface area (Å²) in [5.74, 6) is 3.02. The Kier molecular flexibility index (Phi) is 4.39. The van der Waals surface area contributed by atoms with Crippen LogP contribution in [0.25, 0.3) is 10.9 Å². The van der Waals surface area contributed by atoms with Gasteiger partial charge in [-0.25, -0.2) is 0 Å². The van der Waals surface area contributed by atoms with Crippen molar-refractivity contribution in [1.82, 2.24) is 4.23 Å². The molecular weight excluding hydrogens is 318 g/mol. The zero-order valence-electron chi connectivity index (χ0n) is 15.9. The number of aromatic nitrogens is 1. The molecule has 1 nitrogen and oxygen atoms in total. The Morgan fingerprint density at radius 3 is 2.16 bits per heavy atom. The van der Waals surface area contributed by atoms with Crippen LogP contribution in [0.5, 0.6) is 0 Å². The Bertz CT molecular complexity index is 920. The maximum Gasteiger partial charge on any atom is 0.161 e. The molecule has 2 aromatic carbocycles. The minimum atomic E-state index is -1.74. The smallest absolute Gasteiger partial charge is 0.161 e. The van der Waals surface area contributed by atoms with Gasteiger partial charge in [-0.2, -0.15) is 0 Å². The first-order valence-electron chi connectivity index (χ1n) is 8.89. The van der Waals surface area contributed by atoms with E-state index in [1.807, 2.05) is 6.07 Å². The van der Waals surface area contributed by atoms with Gasteiger partial charge in [-0.15, -0.1) is 6.42 Å². The maximum atomic E-state index is 5.98. The fraction of sp³-hybridized carbons (Fsp3) is 0.304. The van der Waals surface area contributed by atoms with Crippen LogP contribution in [0.1, 0.15) is 37.8 Å². The molecule has 3 rings (SSSR count). The van der Waals surface area contributed by atoms with E-state index in [0.29, 0.717) is 0 Å². The fourth-order valence-electron chi connectivity index (χ4n) is 3.27. The number of rotatable bonds is 3. The number of nitrogens with zero attached hydrogens (tertiary/aromatic N) is 1. The van der Waals surface area contributed by atoms with Crippen LogP contribution in [0.2, 0.25) is 18.1 Å². The molecule has 1 atom stereocenters. The first kappa shape index (κ1) is 17.6. The van der Waals surface area contributed by atoms with Crippen LogP contribution in [0, 0.1) is 12.3 Å². The second kappa shape index (κ2) is 6.24. The third-order valence-electron chi connectivity index (χ3n) is 5.79. The lowest BCUT2D eigenvalue weighted by Gasteiger charge is -2.38. The summed E-state index contributed by atoms with van der Waals surface area (Å²) in [5, 5.41) is 1.53. The van der Waals surface area contributed by atoms with Crippen molar-refractivity contribution >= 4 is 19.1 Å². The topological polar surface area (TPSA) is 4.93 Å². The Morgan fingerprint density at radius 2 is 1.56 bits per heavy atom. The van der Waals surface area contributed by atoms with E-state index >= 15 is 0 Å². The highest BCUT2D eigenvalue weighted by Gasteiger charge is 2.39. The zero-order chi connectivity index (χ0) is 18.2. The van der Waals surface area contributed by atoms with Crippen LogP contribution in [0.3, 0.4) is 0 Å². The van der Waals surface area contributed by atoms with Gasteiger partial charge in [0.25, 0.3) is 0 Å². The number of hydrogen-bond acceptors (Lipinski definition) is 0. The van der Waals surface area contributed by atoms with Crippen LogP contribution < -0.4 is 0 Å². The largest absolute Gasteiger partial charge is 0.374 e. The van der Waals surface area contributed by atoms with E-state index < -0.39 is 8.24 Å². The molecule has 3 aromatic rings. The van der Waals surface area contributed by atoms with E-state index in [4.69, 9.17) is 6.42 Å². The number of para-hydroxylation sites is 1. The lowest BCUT2D eigenvalue weighted by molar-refractivity contribution is 0.702. The van der Waals surface area contributed by atoms with E-state index in [2.05, 4.69) is 98.7 Å². The molecule has 128 valence electrons. The molecule has 0 amide bonds. The highest BCUT2D eigenvalue weighted by atomic mass is 28.3. The highest BCUT2D eigenvalue weighted by molar-refractivity contribution is 6.79. The zero-order valence-corrected chi connectivity index (χ0v) is 16.9. The van der Waals surface area contributed by atoms with E-state index in [1.54, 1.807) is 0 Å². The lowest BCUT2D eigenvalue weighted by Crippen LogP contribution is -2.44. The minimum absolute atomic E-state index is 0.0166. The van der Waals surface area contributed by atoms with Crippen molar-refractivity contribution in [2.75, 3.05) is 0 Å². The van der Waals surface area contributed by atoms with Gasteiger partial charge < -0.3 is 4.23 Å². The Morgan fingerprint density at radius 1 is 0.960 bits per heavy atom. The van der Waals surface area contributed by atoms with E-state index in [0.717, 1.165) is 0 Å². The molecule has 1 heterocycles. The van der Waals surface area contributed by atoms with Crippen molar-refractivity contribution in [3.05, 3.63) is 71.9 Å². The molecule has 2 heteroatoms. The lowest BCUT2D eigenvalue weighted by atomic mass is 9.92. The molecule has 0 fully saturated rings. The minimum Gasteiger partial charge on any atom is -0.374 e. The first-order chi connectivity index (χ1) is 11.8. The second-order valence-electron chi connectivity index (χ2n) is 8.29. The molecule has 0 N–H and O–H groups in total. The summed E-state index contributed by atoms with van der Waals surface area (Å²) in [6.07, 6.45) is 8.32. The molecule has 0 saturated heterocycles. The third-order valence-corrected chi connectivity index (χ3v) is 11.0. The summed E-state index contributed by atoms with van der Waals surface area (Å²) >= 11 is 0. The molecule has 0 saturated carbocycles. The van der Waals surface area contributed by atoms with Gasteiger partial charge in [0.05, 0.1) is 5.92 Å². The summed E-state index contributed by atoms with van der Waals surface area (Å²) < 4.78 is 2.55. The predicted octanol–water partition coefficient (Wildman–Crippen LogP) is 6.26. The molecule has 0 aliphatic rings. The van der Waals surface area contributed by atoms with Crippen molar-refractivity contribution in [2.24, 2.45) is 0 Å². The summed E-state index contributed by atoms with van der Waals surface area (Å²) in [4.78, 5) is 0. The van der Waals surface area contributed by atoms with Gasteiger partial charge in [-0.3, -0.25) is 0 Å². The molecular formula is C23H27NSi. The van der Waals surface area contributed by atoms with Crippen molar-refractivity contribution in [3.8, 4) is 12.3 Å². The standard InChI is InChI=1S/C23H27NSi/c1-7-19(18-13-9-8-10-14-18)21-17-24(25(5,6)23(2,3)4)22-16-12-11-15-20(21)22/h1,8-17,19H,2-6H3/t19-/m1/s1. The van der Waals surface area contributed by atoms with Gasteiger partial charge >= 0.3 is 0 Å². The molecule has 1 aromatic heterocycles. The van der Waals surface area contributed by atoms with Crippen molar-refractivity contribution < 1.29 is 0 Å².